The number of hydrogen-bond donors (Lipinski definition) is 2. The number of aromatic amines is 1. The van der Waals surface area contributed by atoms with Gasteiger partial charge in [0.1, 0.15) is 5.94 Å². The standard InChI is InChI=1S/C29H29N5O3/c1-32-14-16-34(17-15-32)29(37)33(2)23-11-9-22(10-12-23)30-27(21-6-4-3-5-7-21)26-24-13-8-20(19-35)18-25(24)31-28(26)36/h3-13,31,36H,14-18H2,1-2H3. The minimum absolute atomic E-state index is 0.00136. The van der Waals surface area contributed by atoms with Crippen molar-refractivity contribution in [2.75, 3.05) is 45.2 Å². The maximum Gasteiger partial charge on any atom is 0.324 e. The summed E-state index contributed by atoms with van der Waals surface area (Å²) in [5.41, 5.74) is 5.56. The summed E-state index contributed by atoms with van der Waals surface area (Å²) in [5, 5.41) is 10.9. The van der Waals surface area contributed by atoms with E-state index in [1.54, 1.807) is 18.0 Å². The molecule has 1 aromatic heterocycles. The highest BCUT2D eigenvalue weighted by Gasteiger charge is 2.25. The minimum atomic E-state index is -0.0197. The van der Waals surface area contributed by atoms with Crippen LogP contribution in [0.3, 0.4) is 0 Å². The summed E-state index contributed by atoms with van der Waals surface area (Å²) >= 11 is 0. The van der Waals surface area contributed by atoms with Gasteiger partial charge in [0.2, 0.25) is 0 Å². The van der Waals surface area contributed by atoms with E-state index in [1.165, 1.54) is 0 Å². The van der Waals surface area contributed by atoms with Crippen LogP contribution < -0.4 is 4.90 Å². The summed E-state index contributed by atoms with van der Waals surface area (Å²) in [6.07, 6.45) is 3.90. The number of amides is 2. The van der Waals surface area contributed by atoms with Crippen molar-refractivity contribution in [3.63, 3.8) is 0 Å². The summed E-state index contributed by atoms with van der Waals surface area (Å²) in [4.78, 5) is 37.8. The number of H-pyrrole nitrogens is 1. The number of carbonyl (C=O) groups excluding carboxylic acids is 2. The fourth-order valence-electron chi connectivity index (χ4n) is 4.68. The topological polar surface area (TPSA) is 92.2 Å². The number of urea groups is 1. The average molecular weight is 496 g/mol. The Bertz CT molecular complexity index is 1410. The number of benzene rings is 2. The first-order valence-corrected chi connectivity index (χ1v) is 12.3. The zero-order valence-corrected chi connectivity index (χ0v) is 20.9. The molecule has 0 spiro atoms. The van der Waals surface area contributed by atoms with Gasteiger partial charge in [-0.3, -0.25) is 4.90 Å². The molecule has 2 N–H and O–H groups in total. The monoisotopic (exact) mass is 495 g/mol. The number of nitrogens with one attached hydrogen (secondary N) is 1. The molecule has 188 valence electrons. The number of rotatable bonds is 4. The van der Waals surface area contributed by atoms with E-state index < -0.39 is 0 Å². The molecular weight excluding hydrogens is 466 g/mol. The number of aromatic nitrogens is 1. The first kappa shape index (κ1) is 24.3. The molecule has 2 aromatic carbocycles. The molecule has 0 bridgehead atoms. The molecule has 1 aliphatic heterocycles. The van der Waals surface area contributed by atoms with E-state index in [0.717, 1.165) is 35.6 Å². The fraction of sp³-hybridized carbons (Fsp3) is 0.241. The Morgan fingerprint density at radius 2 is 1.73 bits per heavy atom. The van der Waals surface area contributed by atoms with Gasteiger partial charge in [0, 0.05) is 67.7 Å². The van der Waals surface area contributed by atoms with E-state index in [-0.39, 0.29) is 11.9 Å². The SMILES string of the molecule is CN1CCN(C(=O)N(C)c2ccc(N=C(c3ccccc3)c3c(O)[nH]c4c3C=CC(=C=O)C4)cc2)CC1. The van der Waals surface area contributed by atoms with E-state index in [4.69, 9.17) is 4.99 Å². The molecule has 1 fully saturated rings. The molecule has 0 atom stereocenters. The van der Waals surface area contributed by atoms with Gasteiger partial charge in [-0.15, -0.1) is 0 Å². The Morgan fingerprint density at radius 3 is 2.41 bits per heavy atom. The van der Waals surface area contributed by atoms with Crippen LogP contribution in [-0.2, 0) is 11.2 Å². The van der Waals surface area contributed by atoms with Crippen molar-refractivity contribution in [3.8, 4) is 5.88 Å². The van der Waals surface area contributed by atoms with Crippen LogP contribution in [0, 0.1) is 0 Å². The molecule has 37 heavy (non-hydrogen) atoms. The van der Waals surface area contributed by atoms with Crippen LogP contribution in [-0.4, -0.2) is 77.8 Å². The Labute approximate surface area is 215 Å². The van der Waals surface area contributed by atoms with Crippen molar-refractivity contribution >= 4 is 35.1 Å². The van der Waals surface area contributed by atoms with Crippen molar-refractivity contribution in [3.05, 3.63) is 88.6 Å². The van der Waals surface area contributed by atoms with Gasteiger partial charge in [-0.05, 0) is 37.4 Å². The summed E-state index contributed by atoms with van der Waals surface area (Å²) in [7, 11) is 3.85. The second kappa shape index (κ2) is 10.3. The number of likely N-dealkylation sites (N-methyl/N-ethyl adjacent to an activating group) is 1. The smallest absolute Gasteiger partial charge is 0.324 e. The lowest BCUT2D eigenvalue weighted by molar-refractivity contribution is 0.160. The predicted molar refractivity (Wildman–Crippen MR) is 145 cm³/mol. The Morgan fingerprint density at radius 1 is 1.03 bits per heavy atom. The van der Waals surface area contributed by atoms with Crippen LogP contribution in [0.4, 0.5) is 16.2 Å². The largest absolute Gasteiger partial charge is 0.494 e. The molecule has 3 aromatic rings. The second-order valence-corrected chi connectivity index (χ2v) is 9.35. The summed E-state index contributed by atoms with van der Waals surface area (Å²) < 4.78 is 0. The minimum Gasteiger partial charge on any atom is -0.494 e. The van der Waals surface area contributed by atoms with Crippen molar-refractivity contribution in [2.45, 2.75) is 6.42 Å². The highest BCUT2D eigenvalue weighted by atomic mass is 16.3. The third-order valence-electron chi connectivity index (χ3n) is 6.87. The van der Waals surface area contributed by atoms with Crippen molar-refractivity contribution < 1.29 is 14.7 Å². The highest BCUT2D eigenvalue weighted by molar-refractivity contribution is 6.17. The lowest BCUT2D eigenvalue weighted by atomic mass is 9.94. The molecule has 1 aliphatic carbocycles. The third-order valence-corrected chi connectivity index (χ3v) is 6.87. The van der Waals surface area contributed by atoms with Gasteiger partial charge in [-0.2, -0.15) is 0 Å². The van der Waals surface area contributed by atoms with Crippen LogP contribution in [0.1, 0.15) is 22.4 Å². The van der Waals surface area contributed by atoms with E-state index in [9.17, 15) is 14.7 Å². The average Bonchev–Trinajstić information content (AvgIpc) is 3.26. The van der Waals surface area contributed by atoms with Crippen LogP contribution in [0.5, 0.6) is 5.88 Å². The summed E-state index contributed by atoms with van der Waals surface area (Å²) in [6.45, 7) is 3.16. The maximum absolute atomic E-state index is 13.0. The van der Waals surface area contributed by atoms with Crippen molar-refractivity contribution in [2.24, 2.45) is 4.99 Å². The number of anilines is 1. The molecular formula is C29H29N5O3. The normalized spacial score (nSPS) is 15.9. The first-order chi connectivity index (χ1) is 17.9. The van der Waals surface area contributed by atoms with Crippen LogP contribution >= 0.6 is 0 Å². The van der Waals surface area contributed by atoms with E-state index in [0.29, 0.717) is 42.0 Å². The van der Waals surface area contributed by atoms with Gasteiger partial charge in [0.05, 0.1) is 17.0 Å². The number of fused-ring (bicyclic) bond motifs is 1. The molecule has 2 amide bonds. The van der Waals surface area contributed by atoms with E-state index >= 15 is 0 Å². The number of hydrogen-bond acceptors (Lipinski definition) is 5. The maximum atomic E-state index is 13.0. The lowest BCUT2D eigenvalue weighted by Crippen LogP contribution is -2.51. The van der Waals surface area contributed by atoms with Crippen LogP contribution in [0.25, 0.3) is 6.08 Å². The number of nitrogens with zero attached hydrogens (tertiary/aromatic N) is 4. The lowest BCUT2D eigenvalue weighted by Gasteiger charge is -2.35. The number of piperazine rings is 1. The van der Waals surface area contributed by atoms with Gasteiger partial charge in [0.15, 0.2) is 5.88 Å². The van der Waals surface area contributed by atoms with Gasteiger partial charge in [-0.25, -0.2) is 14.6 Å². The second-order valence-electron chi connectivity index (χ2n) is 9.35. The zero-order chi connectivity index (χ0) is 25.9. The quantitative estimate of drug-likeness (QED) is 0.422. The van der Waals surface area contributed by atoms with Crippen molar-refractivity contribution in [1.29, 1.82) is 0 Å². The Kier molecular flexibility index (Phi) is 6.77. The molecule has 0 saturated carbocycles. The molecule has 0 radical (unpaired) electrons. The van der Waals surface area contributed by atoms with Crippen molar-refractivity contribution in [1.82, 2.24) is 14.8 Å². The highest BCUT2D eigenvalue weighted by Crippen LogP contribution is 2.34. The van der Waals surface area contributed by atoms with E-state index in [1.807, 2.05) is 71.5 Å². The number of carbonyl (C=O) groups is 1. The summed E-state index contributed by atoms with van der Waals surface area (Å²) in [5.74, 6) is 1.93. The molecule has 5 rings (SSSR count). The van der Waals surface area contributed by atoms with Gasteiger partial charge < -0.3 is 19.9 Å². The predicted octanol–water partition coefficient (Wildman–Crippen LogP) is 4.02. The van der Waals surface area contributed by atoms with Crippen LogP contribution in [0.15, 0.2) is 71.2 Å². The van der Waals surface area contributed by atoms with E-state index in [2.05, 4.69) is 16.9 Å². The number of aliphatic imine (C=N–C) groups is 1. The fourth-order valence-corrected chi connectivity index (χ4v) is 4.68. The van der Waals surface area contributed by atoms with Gasteiger partial charge in [0.25, 0.3) is 0 Å². The molecule has 2 heterocycles. The molecule has 2 aliphatic rings. The summed E-state index contributed by atoms with van der Waals surface area (Å²) in [6, 6.07) is 17.1. The first-order valence-electron chi connectivity index (χ1n) is 12.3. The molecule has 1 saturated heterocycles. The molecule has 8 nitrogen and oxygen atoms in total. The molecule has 0 unspecified atom stereocenters. The Hall–Kier alpha value is -4.39. The third kappa shape index (κ3) is 4.98. The Balaban J connectivity index is 1.47. The number of allylic oxidation sites excluding steroid dienone is 2. The van der Waals surface area contributed by atoms with Gasteiger partial charge in [-0.1, -0.05) is 36.4 Å². The zero-order valence-electron chi connectivity index (χ0n) is 20.9. The van der Waals surface area contributed by atoms with Crippen LogP contribution in [0.2, 0.25) is 0 Å². The molecule has 8 heteroatoms. The van der Waals surface area contributed by atoms with Gasteiger partial charge >= 0.3 is 6.03 Å². The number of aromatic hydroxyl groups is 1.